The van der Waals surface area contributed by atoms with E-state index < -0.39 is 0 Å². The first-order valence-corrected chi connectivity index (χ1v) is 5.36. The molecule has 4 nitrogen and oxygen atoms in total. The third-order valence-electron chi connectivity index (χ3n) is 2.85. The first-order chi connectivity index (χ1) is 7.57. The molecule has 2 aromatic rings. The molecule has 1 aliphatic heterocycles. The van der Waals surface area contributed by atoms with E-state index in [-0.39, 0.29) is 11.4 Å². The summed E-state index contributed by atoms with van der Waals surface area (Å²) in [5, 5.41) is 3.29. The van der Waals surface area contributed by atoms with Gasteiger partial charge in [-0.25, -0.2) is 9.55 Å². The number of nitrogens with zero attached hydrogens (tertiary/aromatic N) is 2. The molecule has 0 amide bonds. The summed E-state index contributed by atoms with van der Waals surface area (Å²) >= 11 is 0. The van der Waals surface area contributed by atoms with Gasteiger partial charge in [0, 0.05) is 5.54 Å². The molecule has 1 N–H and O–H groups in total. The number of hydrogen-bond acceptors (Lipinski definition) is 3. The lowest BCUT2D eigenvalue weighted by Gasteiger charge is -2.30. The summed E-state index contributed by atoms with van der Waals surface area (Å²) in [6.45, 7) is 4.02. The van der Waals surface area contributed by atoms with Crippen molar-refractivity contribution in [3.05, 3.63) is 24.3 Å². The highest BCUT2D eigenvalue weighted by Gasteiger charge is 2.32. The van der Waals surface area contributed by atoms with Gasteiger partial charge in [-0.2, -0.15) is 0 Å². The summed E-state index contributed by atoms with van der Waals surface area (Å²) in [4.78, 5) is 16.5. The monoisotopic (exact) mass is 215 g/mol. The van der Waals surface area contributed by atoms with E-state index in [4.69, 9.17) is 0 Å². The number of hydrogen-bond donors (Lipinski definition) is 1. The van der Waals surface area contributed by atoms with Crippen molar-refractivity contribution >= 4 is 22.9 Å². The highest BCUT2D eigenvalue weighted by molar-refractivity contribution is 5.96. The molecule has 1 aromatic carbocycles. The average Bonchev–Trinajstić information content (AvgIpc) is 2.52. The zero-order valence-electron chi connectivity index (χ0n) is 9.32. The SMILES string of the molecule is CC1(C)CC(=O)n2c(nc3ccccc32)N1. The Balaban J connectivity index is 2.29. The normalized spacial score (nSPS) is 18.2. The van der Waals surface area contributed by atoms with Crippen molar-refractivity contribution < 1.29 is 4.79 Å². The van der Waals surface area contributed by atoms with Crippen molar-refractivity contribution in [3.8, 4) is 0 Å². The topological polar surface area (TPSA) is 46.9 Å². The van der Waals surface area contributed by atoms with Crippen LogP contribution in [0.5, 0.6) is 0 Å². The molecule has 2 heterocycles. The van der Waals surface area contributed by atoms with Gasteiger partial charge in [-0.3, -0.25) is 4.79 Å². The van der Waals surface area contributed by atoms with Gasteiger partial charge in [0.25, 0.3) is 0 Å². The van der Waals surface area contributed by atoms with E-state index in [9.17, 15) is 4.79 Å². The van der Waals surface area contributed by atoms with E-state index in [2.05, 4.69) is 10.3 Å². The van der Waals surface area contributed by atoms with Crippen molar-refractivity contribution in [2.45, 2.75) is 25.8 Å². The summed E-state index contributed by atoms with van der Waals surface area (Å²) in [7, 11) is 0. The lowest BCUT2D eigenvalue weighted by molar-refractivity contribution is 0.0877. The Labute approximate surface area is 93.3 Å². The lowest BCUT2D eigenvalue weighted by Crippen LogP contribution is -2.41. The molecule has 0 saturated carbocycles. The molecule has 16 heavy (non-hydrogen) atoms. The zero-order valence-corrected chi connectivity index (χ0v) is 9.32. The van der Waals surface area contributed by atoms with Crippen LogP contribution in [0.3, 0.4) is 0 Å². The highest BCUT2D eigenvalue weighted by atomic mass is 16.2. The van der Waals surface area contributed by atoms with E-state index in [0.717, 1.165) is 11.0 Å². The molecule has 0 bridgehead atoms. The number of carbonyl (C=O) groups excluding carboxylic acids is 1. The molecule has 82 valence electrons. The number of anilines is 1. The van der Waals surface area contributed by atoms with E-state index in [1.165, 1.54) is 0 Å². The third kappa shape index (κ3) is 1.23. The summed E-state index contributed by atoms with van der Waals surface area (Å²) in [6.07, 6.45) is 0.486. The van der Waals surface area contributed by atoms with Gasteiger partial charge in [-0.1, -0.05) is 12.1 Å². The van der Waals surface area contributed by atoms with Crippen LogP contribution in [0.25, 0.3) is 11.0 Å². The zero-order chi connectivity index (χ0) is 11.3. The Bertz CT molecular complexity index is 583. The van der Waals surface area contributed by atoms with Crippen LogP contribution in [-0.4, -0.2) is 21.0 Å². The number of rotatable bonds is 0. The smallest absolute Gasteiger partial charge is 0.236 e. The maximum Gasteiger partial charge on any atom is 0.236 e. The number of para-hydroxylation sites is 2. The first kappa shape index (κ1) is 9.39. The quantitative estimate of drug-likeness (QED) is 0.733. The molecule has 3 rings (SSSR count). The second-order valence-corrected chi connectivity index (χ2v) is 4.84. The van der Waals surface area contributed by atoms with Crippen molar-refractivity contribution in [1.82, 2.24) is 9.55 Å². The van der Waals surface area contributed by atoms with Gasteiger partial charge in [0.05, 0.1) is 17.5 Å². The Kier molecular flexibility index (Phi) is 1.67. The number of nitrogens with one attached hydrogen (secondary N) is 1. The minimum Gasteiger partial charge on any atom is -0.350 e. The number of aromatic nitrogens is 2. The molecule has 1 aromatic heterocycles. The number of fused-ring (bicyclic) bond motifs is 3. The molecule has 0 aliphatic carbocycles. The fourth-order valence-electron chi connectivity index (χ4n) is 2.17. The molecule has 0 unspecified atom stereocenters. The second kappa shape index (κ2) is 2.84. The van der Waals surface area contributed by atoms with Crippen LogP contribution >= 0.6 is 0 Å². The molecule has 0 spiro atoms. The Morgan fingerprint density at radius 3 is 2.94 bits per heavy atom. The van der Waals surface area contributed by atoms with Gasteiger partial charge < -0.3 is 5.32 Å². The van der Waals surface area contributed by atoms with Crippen LogP contribution in [0.15, 0.2) is 24.3 Å². The molecule has 0 saturated heterocycles. The molecule has 0 radical (unpaired) electrons. The van der Waals surface area contributed by atoms with Gasteiger partial charge in [0.15, 0.2) is 0 Å². The second-order valence-electron chi connectivity index (χ2n) is 4.84. The van der Waals surface area contributed by atoms with Gasteiger partial charge in [-0.15, -0.1) is 0 Å². The van der Waals surface area contributed by atoms with Crippen molar-refractivity contribution in [2.24, 2.45) is 0 Å². The summed E-state index contributed by atoms with van der Waals surface area (Å²) in [5.41, 5.74) is 1.52. The molecule has 0 fully saturated rings. The highest BCUT2D eigenvalue weighted by Crippen LogP contribution is 2.28. The Hall–Kier alpha value is -1.84. The standard InChI is InChI=1S/C12H13N3O/c1-12(2)7-10(16)15-9-6-4-3-5-8(9)13-11(15)14-12/h3-6H,7H2,1-2H3,(H,13,14). The fraction of sp³-hybridized carbons (Fsp3) is 0.333. The van der Waals surface area contributed by atoms with Crippen LogP contribution in [0.4, 0.5) is 5.95 Å². The molecule has 4 heteroatoms. The number of imidazole rings is 1. The largest absolute Gasteiger partial charge is 0.350 e. The van der Waals surface area contributed by atoms with E-state index >= 15 is 0 Å². The lowest BCUT2D eigenvalue weighted by atomic mass is 9.99. The van der Waals surface area contributed by atoms with E-state index in [1.807, 2.05) is 38.1 Å². The maximum absolute atomic E-state index is 12.1. The maximum atomic E-state index is 12.1. The van der Waals surface area contributed by atoms with Crippen molar-refractivity contribution in [2.75, 3.05) is 5.32 Å². The summed E-state index contributed by atoms with van der Waals surface area (Å²) < 4.78 is 1.67. The van der Waals surface area contributed by atoms with Crippen LogP contribution < -0.4 is 5.32 Å². The van der Waals surface area contributed by atoms with Gasteiger partial charge in [0.1, 0.15) is 0 Å². The molecule has 0 atom stereocenters. The minimum atomic E-state index is -0.214. The van der Waals surface area contributed by atoms with E-state index in [1.54, 1.807) is 4.57 Å². The fourth-order valence-corrected chi connectivity index (χ4v) is 2.17. The Morgan fingerprint density at radius 1 is 1.38 bits per heavy atom. The summed E-state index contributed by atoms with van der Waals surface area (Å²) in [5.74, 6) is 0.759. The van der Waals surface area contributed by atoms with Crippen LogP contribution in [0, 0.1) is 0 Å². The molecular weight excluding hydrogens is 202 g/mol. The first-order valence-electron chi connectivity index (χ1n) is 5.36. The predicted octanol–water partition coefficient (Wildman–Crippen LogP) is 2.27. The summed E-state index contributed by atoms with van der Waals surface area (Å²) in [6, 6.07) is 7.69. The van der Waals surface area contributed by atoms with Crippen molar-refractivity contribution in [1.29, 1.82) is 0 Å². The third-order valence-corrected chi connectivity index (χ3v) is 2.85. The van der Waals surface area contributed by atoms with Gasteiger partial charge in [0.2, 0.25) is 11.9 Å². The van der Waals surface area contributed by atoms with Crippen LogP contribution in [-0.2, 0) is 0 Å². The molecular formula is C12H13N3O. The Morgan fingerprint density at radius 2 is 2.12 bits per heavy atom. The number of benzene rings is 1. The van der Waals surface area contributed by atoms with Crippen LogP contribution in [0.2, 0.25) is 0 Å². The average molecular weight is 215 g/mol. The molecule has 1 aliphatic rings. The van der Waals surface area contributed by atoms with Gasteiger partial charge in [-0.05, 0) is 26.0 Å². The minimum absolute atomic E-state index is 0.104. The predicted molar refractivity (Wildman–Crippen MR) is 62.7 cm³/mol. The number of carbonyl (C=O) groups is 1. The van der Waals surface area contributed by atoms with Gasteiger partial charge >= 0.3 is 0 Å². The van der Waals surface area contributed by atoms with Crippen LogP contribution in [0.1, 0.15) is 25.1 Å². The van der Waals surface area contributed by atoms with Crippen molar-refractivity contribution in [3.63, 3.8) is 0 Å². The van der Waals surface area contributed by atoms with E-state index in [0.29, 0.717) is 12.4 Å².